The zero-order valence-electron chi connectivity index (χ0n) is 14.2. The monoisotopic (exact) mass is 334 g/mol. The lowest BCUT2D eigenvalue weighted by Gasteiger charge is -2.32. The SMILES string of the molecule is Cc1nccn1CC(=O)N1CCC(CNC(=O)C2CCOC2)CC1. The van der Waals surface area contributed by atoms with Gasteiger partial charge in [0.25, 0.3) is 0 Å². The fourth-order valence-electron chi connectivity index (χ4n) is 3.33. The van der Waals surface area contributed by atoms with Crippen LogP contribution in [0.3, 0.4) is 0 Å². The third-order valence-electron chi connectivity index (χ3n) is 5.06. The molecular weight excluding hydrogens is 308 g/mol. The topological polar surface area (TPSA) is 76.5 Å². The maximum atomic E-state index is 12.4. The number of likely N-dealkylation sites (tertiary alicyclic amines) is 1. The molecule has 7 heteroatoms. The number of hydrogen-bond acceptors (Lipinski definition) is 4. The first-order valence-corrected chi connectivity index (χ1v) is 8.74. The van der Waals surface area contributed by atoms with Gasteiger partial charge in [0.2, 0.25) is 11.8 Å². The number of nitrogens with one attached hydrogen (secondary N) is 1. The first-order chi connectivity index (χ1) is 11.6. The second-order valence-electron chi connectivity index (χ2n) is 6.73. The molecule has 2 saturated heterocycles. The largest absolute Gasteiger partial charge is 0.381 e. The van der Waals surface area contributed by atoms with Gasteiger partial charge >= 0.3 is 0 Å². The highest BCUT2D eigenvalue weighted by atomic mass is 16.5. The van der Waals surface area contributed by atoms with Gasteiger partial charge < -0.3 is 19.5 Å². The van der Waals surface area contributed by atoms with E-state index in [2.05, 4.69) is 10.3 Å². The fourth-order valence-corrected chi connectivity index (χ4v) is 3.33. The molecule has 0 bridgehead atoms. The molecule has 1 unspecified atom stereocenters. The number of piperidine rings is 1. The highest BCUT2D eigenvalue weighted by Crippen LogP contribution is 2.18. The van der Waals surface area contributed by atoms with Gasteiger partial charge in [0.05, 0.1) is 12.5 Å². The fraction of sp³-hybridized carbons (Fsp3) is 0.706. The highest BCUT2D eigenvalue weighted by Gasteiger charge is 2.26. The Bertz CT molecular complexity index is 572. The van der Waals surface area contributed by atoms with Gasteiger partial charge in [0, 0.05) is 38.6 Å². The van der Waals surface area contributed by atoms with E-state index in [-0.39, 0.29) is 17.7 Å². The van der Waals surface area contributed by atoms with Crippen molar-refractivity contribution in [2.24, 2.45) is 11.8 Å². The zero-order valence-corrected chi connectivity index (χ0v) is 14.2. The van der Waals surface area contributed by atoms with E-state index >= 15 is 0 Å². The molecule has 1 atom stereocenters. The summed E-state index contributed by atoms with van der Waals surface area (Å²) in [5.41, 5.74) is 0. The minimum Gasteiger partial charge on any atom is -0.381 e. The van der Waals surface area contributed by atoms with Gasteiger partial charge in [0.1, 0.15) is 12.4 Å². The van der Waals surface area contributed by atoms with Crippen molar-refractivity contribution < 1.29 is 14.3 Å². The van der Waals surface area contributed by atoms with Crippen LogP contribution in [0.4, 0.5) is 0 Å². The Morgan fingerprint density at radius 1 is 1.33 bits per heavy atom. The molecule has 1 aromatic rings. The van der Waals surface area contributed by atoms with Crippen molar-refractivity contribution in [1.82, 2.24) is 19.8 Å². The van der Waals surface area contributed by atoms with Crippen molar-refractivity contribution in [3.8, 4) is 0 Å². The van der Waals surface area contributed by atoms with Crippen molar-refractivity contribution in [3.63, 3.8) is 0 Å². The lowest BCUT2D eigenvalue weighted by atomic mass is 9.96. The summed E-state index contributed by atoms with van der Waals surface area (Å²) < 4.78 is 7.12. The zero-order chi connectivity index (χ0) is 16.9. The van der Waals surface area contributed by atoms with E-state index in [0.29, 0.717) is 32.2 Å². The summed E-state index contributed by atoms with van der Waals surface area (Å²) in [6.45, 7) is 5.73. The molecule has 0 saturated carbocycles. The van der Waals surface area contributed by atoms with Crippen LogP contribution in [-0.4, -0.2) is 59.1 Å². The molecule has 0 aliphatic carbocycles. The second kappa shape index (κ2) is 7.79. The van der Waals surface area contributed by atoms with Crippen LogP contribution >= 0.6 is 0 Å². The summed E-state index contributed by atoms with van der Waals surface area (Å²) in [5, 5.41) is 3.05. The average molecular weight is 334 g/mol. The Hall–Kier alpha value is -1.89. The van der Waals surface area contributed by atoms with E-state index in [1.54, 1.807) is 6.20 Å². The molecule has 0 spiro atoms. The third kappa shape index (κ3) is 4.14. The van der Waals surface area contributed by atoms with E-state index < -0.39 is 0 Å². The Labute approximate surface area is 142 Å². The van der Waals surface area contributed by atoms with Crippen LogP contribution in [0, 0.1) is 18.8 Å². The van der Waals surface area contributed by atoms with Crippen LogP contribution < -0.4 is 5.32 Å². The number of amides is 2. The number of imidazole rings is 1. The average Bonchev–Trinajstić information content (AvgIpc) is 3.26. The van der Waals surface area contributed by atoms with E-state index in [4.69, 9.17) is 4.74 Å². The summed E-state index contributed by atoms with van der Waals surface area (Å²) in [6.07, 6.45) is 6.26. The van der Waals surface area contributed by atoms with Crippen LogP contribution in [0.15, 0.2) is 12.4 Å². The number of nitrogens with zero attached hydrogens (tertiary/aromatic N) is 3. The molecule has 1 N–H and O–H groups in total. The van der Waals surface area contributed by atoms with Crippen LogP contribution in [0.1, 0.15) is 25.1 Å². The molecule has 132 valence electrons. The molecule has 2 fully saturated rings. The molecule has 2 aliphatic rings. The molecule has 1 aromatic heterocycles. The molecular formula is C17H26N4O3. The van der Waals surface area contributed by atoms with Crippen molar-refractivity contribution in [3.05, 3.63) is 18.2 Å². The standard InChI is InChI=1S/C17H26N4O3/c1-13-18-5-8-21(13)11-16(22)20-6-2-14(3-7-20)10-19-17(23)15-4-9-24-12-15/h5,8,14-15H,2-4,6-7,9-12H2,1H3,(H,19,23). The van der Waals surface area contributed by atoms with Gasteiger partial charge in [-0.2, -0.15) is 0 Å². The lowest BCUT2D eigenvalue weighted by Crippen LogP contribution is -2.43. The summed E-state index contributed by atoms with van der Waals surface area (Å²) in [4.78, 5) is 30.4. The van der Waals surface area contributed by atoms with E-state index in [9.17, 15) is 9.59 Å². The number of aryl methyl sites for hydroxylation is 1. The third-order valence-corrected chi connectivity index (χ3v) is 5.06. The van der Waals surface area contributed by atoms with Crippen molar-refractivity contribution in [2.45, 2.75) is 32.7 Å². The molecule has 2 aliphatic heterocycles. The lowest BCUT2D eigenvalue weighted by molar-refractivity contribution is -0.133. The number of carbonyl (C=O) groups is 2. The van der Waals surface area contributed by atoms with Gasteiger partial charge in [0.15, 0.2) is 0 Å². The highest BCUT2D eigenvalue weighted by molar-refractivity contribution is 5.79. The Balaban J connectivity index is 1.38. The van der Waals surface area contributed by atoms with Crippen LogP contribution in [0.5, 0.6) is 0 Å². The van der Waals surface area contributed by atoms with Gasteiger partial charge in [-0.25, -0.2) is 4.98 Å². The number of aromatic nitrogens is 2. The van der Waals surface area contributed by atoms with E-state index in [1.807, 2.05) is 22.6 Å². The predicted octanol–water partition coefficient (Wildman–Crippen LogP) is 0.583. The molecule has 3 heterocycles. The van der Waals surface area contributed by atoms with Crippen LogP contribution in [-0.2, 0) is 20.9 Å². The number of hydrogen-bond donors (Lipinski definition) is 1. The number of rotatable bonds is 5. The second-order valence-corrected chi connectivity index (χ2v) is 6.73. The van der Waals surface area contributed by atoms with Crippen molar-refractivity contribution in [2.75, 3.05) is 32.8 Å². The Morgan fingerprint density at radius 2 is 2.12 bits per heavy atom. The Morgan fingerprint density at radius 3 is 2.75 bits per heavy atom. The van der Waals surface area contributed by atoms with Gasteiger partial charge in [-0.05, 0) is 32.1 Å². The number of ether oxygens (including phenoxy) is 1. The van der Waals surface area contributed by atoms with Crippen LogP contribution in [0.2, 0.25) is 0 Å². The predicted molar refractivity (Wildman–Crippen MR) is 88.2 cm³/mol. The minimum absolute atomic E-state index is 0.0186. The molecule has 2 amide bonds. The molecule has 24 heavy (non-hydrogen) atoms. The van der Waals surface area contributed by atoms with Crippen molar-refractivity contribution >= 4 is 11.8 Å². The minimum atomic E-state index is 0.0186. The molecule has 0 aromatic carbocycles. The number of carbonyl (C=O) groups excluding carboxylic acids is 2. The molecule has 7 nitrogen and oxygen atoms in total. The van der Waals surface area contributed by atoms with Gasteiger partial charge in [-0.3, -0.25) is 9.59 Å². The summed E-state index contributed by atoms with van der Waals surface area (Å²) in [6, 6.07) is 0. The normalized spacial score (nSPS) is 21.9. The first kappa shape index (κ1) is 17.0. The smallest absolute Gasteiger partial charge is 0.242 e. The summed E-state index contributed by atoms with van der Waals surface area (Å²) in [7, 11) is 0. The molecule has 3 rings (SSSR count). The summed E-state index contributed by atoms with van der Waals surface area (Å²) in [5.74, 6) is 1.58. The molecule has 0 radical (unpaired) electrons. The first-order valence-electron chi connectivity index (χ1n) is 8.74. The summed E-state index contributed by atoms with van der Waals surface area (Å²) >= 11 is 0. The van der Waals surface area contributed by atoms with E-state index in [0.717, 1.165) is 38.2 Å². The maximum Gasteiger partial charge on any atom is 0.242 e. The van der Waals surface area contributed by atoms with Crippen molar-refractivity contribution in [1.29, 1.82) is 0 Å². The van der Waals surface area contributed by atoms with Crippen LogP contribution in [0.25, 0.3) is 0 Å². The van der Waals surface area contributed by atoms with Gasteiger partial charge in [-0.15, -0.1) is 0 Å². The van der Waals surface area contributed by atoms with Gasteiger partial charge in [-0.1, -0.05) is 0 Å². The Kier molecular flexibility index (Phi) is 5.50. The van der Waals surface area contributed by atoms with E-state index in [1.165, 1.54) is 0 Å². The maximum absolute atomic E-state index is 12.4. The quantitative estimate of drug-likeness (QED) is 0.855.